The maximum Gasteiger partial charge on any atom is 0.295 e. The van der Waals surface area contributed by atoms with Crippen LogP contribution in [-0.2, 0) is 31.0 Å². The minimum absolute atomic E-state index is 0.0391. The molecule has 0 aliphatic carbocycles. The Hall–Kier alpha value is -4.03. The minimum Gasteiger partial charge on any atom is -0.507 e. The Bertz CT molecular complexity index is 1620. The number of hydrogen-bond acceptors (Lipinski definition) is 8. The van der Waals surface area contributed by atoms with E-state index in [0.717, 1.165) is 29.5 Å². The number of ether oxygens (including phenoxy) is 2. The molecule has 5 rings (SSSR count). The van der Waals surface area contributed by atoms with E-state index in [4.69, 9.17) is 9.47 Å². The molecule has 11 heteroatoms. The average molecular weight is 620 g/mol. The minimum atomic E-state index is -3.80. The molecule has 0 bridgehead atoms. The van der Waals surface area contributed by atoms with E-state index in [1.165, 1.54) is 43.3 Å². The monoisotopic (exact) mass is 619 g/mol. The topological polar surface area (TPSA) is 117 Å². The number of morpholine rings is 1. The number of aliphatic hydroxyl groups is 1. The summed E-state index contributed by atoms with van der Waals surface area (Å²) >= 11 is 0. The van der Waals surface area contributed by atoms with Crippen molar-refractivity contribution in [1.29, 1.82) is 0 Å². The number of benzene rings is 3. The molecule has 3 aromatic rings. The molecule has 2 heterocycles. The summed E-state index contributed by atoms with van der Waals surface area (Å²) in [4.78, 5) is 30.6. The highest BCUT2D eigenvalue weighted by atomic mass is 32.2. The van der Waals surface area contributed by atoms with Crippen LogP contribution in [0.2, 0.25) is 0 Å². The first-order chi connectivity index (χ1) is 21.2. The highest BCUT2D eigenvalue weighted by molar-refractivity contribution is 7.89. The van der Waals surface area contributed by atoms with Gasteiger partial charge in [0.2, 0.25) is 10.0 Å². The fourth-order valence-electron chi connectivity index (χ4n) is 5.40. The smallest absolute Gasteiger partial charge is 0.295 e. The molecule has 0 unspecified atom stereocenters. The van der Waals surface area contributed by atoms with Crippen LogP contribution in [0.5, 0.6) is 5.75 Å². The molecule has 2 aliphatic rings. The largest absolute Gasteiger partial charge is 0.507 e. The highest BCUT2D eigenvalue weighted by Crippen LogP contribution is 2.40. The van der Waals surface area contributed by atoms with Gasteiger partial charge in [0.05, 0.1) is 29.7 Å². The maximum absolute atomic E-state index is 13.5. The molecule has 0 radical (unpaired) electrons. The number of ketones is 1. The van der Waals surface area contributed by atoms with Crippen molar-refractivity contribution in [2.45, 2.75) is 24.0 Å². The Balaban J connectivity index is 1.47. The molecule has 1 amide bonds. The SMILES string of the molecule is CN(C)S(=O)(=O)c1cccc(C(O)=C2C(=O)C(=O)N(CCCN3CCOCC3)[C@H]2c2ccc(OCc3ccccc3)cc2)c1. The summed E-state index contributed by atoms with van der Waals surface area (Å²) in [7, 11) is -0.972. The van der Waals surface area contributed by atoms with Gasteiger partial charge in [0, 0.05) is 45.8 Å². The van der Waals surface area contributed by atoms with Crippen molar-refractivity contribution in [2.75, 3.05) is 53.5 Å². The number of sulfonamides is 1. The summed E-state index contributed by atoms with van der Waals surface area (Å²) in [6.07, 6.45) is 0.623. The quantitative estimate of drug-likeness (QED) is 0.196. The lowest BCUT2D eigenvalue weighted by Crippen LogP contribution is -2.38. The molecule has 1 N–H and O–H groups in total. The second-order valence-electron chi connectivity index (χ2n) is 11.0. The number of Topliss-reactive ketones (excluding diaryl/α,β-unsaturated/α-hetero) is 1. The van der Waals surface area contributed by atoms with E-state index < -0.39 is 33.5 Å². The molecule has 1 atom stereocenters. The average Bonchev–Trinajstić information content (AvgIpc) is 3.29. The standard InChI is InChI=1S/C33H37N3O7S/c1-34(2)44(40,41)28-11-6-10-26(22-28)31(37)29-30(25-12-14-27(15-13-25)43-23-24-8-4-3-5-9-24)36(33(39)32(29)38)17-7-16-35-18-20-42-21-19-35/h3-6,8-15,22,30,37H,7,16-21,23H2,1-2H3/t30-/m0/s1. The molecule has 2 fully saturated rings. The van der Waals surface area contributed by atoms with Gasteiger partial charge in [-0.25, -0.2) is 12.7 Å². The van der Waals surface area contributed by atoms with Crippen molar-refractivity contribution < 1.29 is 32.6 Å². The van der Waals surface area contributed by atoms with Crippen LogP contribution in [0.1, 0.15) is 29.2 Å². The molecule has 10 nitrogen and oxygen atoms in total. The van der Waals surface area contributed by atoms with E-state index in [1.54, 1.807) is 24.3 Å². The van der Waals surface area contributed by atoms with Gasteiger partial charge in [-0.2, -0.15) is 0 Å². The van der Waals surface area contributed by atoms with Gasteiger partial charge in [0.15, 0.2) is 0 Å². The van der Waals surface area contributed by atoms with Crippen molar-refractivity contribution in [1.82, 2.24) is 14.1 Å². The second-order valence-corrected chi connectivity index (χ2v) is 13.1. The molecular formula is C33H37N3O7S. The molecule has 3 aromatic carbocycles. The first-order valence-corrected chi connectivity index (χ1v) is 16.0. The first kappa shape index (κ1) is 31.4. The molecule has 44 heavy (non-hydrogen) atoms. The number of hydrogen-bond donors (Lipinski definition) is 1. The van der Waals surface area contributed by atoms with E-state index in [-0.39, 0.29) is 16.0 Å². The van der Waals surface area contributed by atoms with Crippen LogP contribution in [0.25, 0.3) is 5.76 Å². The molecule has 0 saturated carbocycles. The van der Waals surface area contributed by atoms with Crippen LogP contribution in [-0.4, -0.2) is 92.8 Å². The lowest BCUT2D eigenvalue weighted by atomic mass is 9.95. The van der Waals surface area contributed by atoms with Gasteiger partial charge >= 0.3 is 0 Å². The Morgan fingerprint density at radius 1 is 0.955 bits per heavy atom. The van der Waals surface area contributed by atoms with Crippen molar-refractivity contribution >= 4 is 27.5 Å². The van der Waals surface area contributed by atoms with E-state index in [2.05, 4.69) is 4.90 Å². The fraction of sp³-hybridized carbons (Fsp3) is 0.333. The van der Waals surface area contributed by atoms with Crippen molar-refractivity contribution in [3.63, 3.8) is 0 Å². The van der Waals surface area contributed by atoms with Crippen LogP contribution in [0, 0.1) is 0 Å². The van der Waals surface area contributed by atoms with Crippen LogP contribution in [0.4, 0.5) is 0 Å². The third-order valence-electron chi connectivity index (χ3n) is 7.85. The van der Waals surface area contributed by atoms with Gasteiger partial charge in [0.1, 0.15) is 18.1 Å². The number of carbonyl (C=O) groups is 2. The lowest BCUT2D eigenvalue weighted by Gasteiger charge is -2.29. The Morgan fingerprint density at radius 2 is 1.66 bits per heavy atom. The summed E-state index contributed by atoms with van der Waals surface area (Å²) in [6.45, 7) is 4.34. The van der Waals surface area contributed by atoms with E-state index in [0.29, 0.717) is 44.1 Å². The van der Waals surface area contributed by atoms with Crippen molar-refractivity contribution in [3.8, 4) is 5.75 Å². The van der Waals surface area contributed by atoms with Gasteiger partial charge < -0.3 is 19.5 Å². The zero-order chi connectivity index (χ0) is 31.3. The summed E-state index contributed by atoms with van der Waals surface area (Å²) in [6, 6.07) is 21.8. The number of amides is 1. The van der Waals surface area contributed by atoms with Gasteiger partial charge in [-0.3, -0.25) is 14.5 Å². The molecule has 2 aliphatic heterocycles. The predicted octanol–water partition coefficient (Wildman–Crippen LogP) is 3.66. The lowest BCUT2D eigenvalue weighted by molar-refractivity contribution is -0.140. The predicted molar refractivity (Wildman–Crippen MR) is 165 cm³/mol. The normalized spacial score (nSPS) is 19.1. The summed E-state index contributed by atoms with van der Waals surface area (Å²) in [5.74, 6) is -1.34. The van der Waals surface area contributed by atoms with Gasteiger partial charge in [-0.15, -0.1) is 0 Å². The van der Waals surface area contributed by atoms with Crippen LogP contribution >= 0.6 is 0 Å². The van der Waals surface area contributed by atoms with E-state index in [1.807, 2.05) is 30.3 Å². The van der Waals surface area contributed by atoms with Crippen molar-refractivity contribution in [3.05, 3.63) is 101 Å². The highest BCUT2D eigenvalue weighted by Gasteiger charge is 2.46. The van der Waals surface area contributed by atoms with E-state index in [9.17, 15) is 23.1 Å². The number of likely N-dealkylation sites (tertiary alicyclic amines) is 1. The van der Waals surface area contributed by atoms with Crippen LogP contribution in [0.15, 0.2) is 89.3 Å². The third kappa shape index (κ3) is 6.86. The number of aliphatic hydroxyl groups excluding tert-OH is 1. The third-order valence-corrected chi connectivity index (χ3v) is 9.66. The summed E-state index contributed by atoms with van der Waals surface area (Å²) < 4.78 is 38.0. The molecule has 0 aromatic heterocycles. The second kappa shape index (κ2) is 13.7. The number of rotatable bonds is 11. The Labute approximate surface area is 258 Å². The number of carbonyl (C=O) groups excluding carboxylic acids is 2. The van der Waals surface area contributed by atoms with Crippen LogP contribution < -0.4 is 4.74 Å². The van der Waals surface area contributed by atoms with E-state index >= 15 is 0 Å². The molecule has 2 saturated heterocycles. The summed E-state index contributed by atoms with van der Waals surface area (Å²) in [5, 5.41) is 11.5. The Morgan fingerprint density at radius 3 is 2.34 bits per heavy atom. The first-order valence-electron chi connectivity index (χ1n) is 14.5. The van der Waals surface area contributed by atoms with Gasteiger partial charge in [-0.1, -0.05) is 54.6 Å². The number of nitrogens with zero attached hydrogens (tertiary/aromatic N) is 3. The van der Waals surface area contributed by atoms with Gasteiger partial charge in [0.25, 0.3) is 11.7 Å². The molecule has 0 spiro atoms. The molecular weight excluding hydrogens is 582 g/mol. The Kier molecular flexibility index (Phi) is 9.80. The zero-order valence-corrected chi connectivity index (χ0v) is 25.7. The molecule has 232 valence electrons. The zero-order valence-electron chi connectivity index (χ0n) is 24.9. The summed E-state index contributed by atoms with van der Waals surface area (Å²) in [5.41, 5.74) is 1.69. The van der Waals surface area contributed by atoms with Crippen molar-refractivity contribution in [2.24, 2.45) is 0 Å². The van der Waals surface area contributed by atoms with Gasteiger partial charge in [-0.05, 0) is 41.8 Å². The maximum atomic E-state index is 13.5. The fourth-order valence-corrected chi connectivity index (χ4v) is 6.35. The van der Waals surface area contributed by atoms with Crippen LogP contribution in [0.3, 0.4) is 0 Å².